The summed E-state index contributed by atoms with van der Waals surface area (Å²) in [7, 11) is 0. The largest absolute Gasteiger partial charge is 0.386 e. The van der Waals surface area contributed by atoms with Gasteiger partial charge in [-0.25, -0.2) is 0 Å². The lowest BCUT2D eigenvalue weighted by Crippen LogP contribution is -2.43. The predicted octanol–water partition coefficient (Wildman–Crippen LogP) is 0.492. The highest BCUT2D eigenvalue weighted by atomic mass is 16.5. The SMILES string of the molecule is Cc1noc(C)c1CCC(=O)NCC1(O)CCOC1. The van der Waals surface area contributed by atoms with Gasteiger partial charge in [-0.2, -0.15) is 0 Å². The van der Waals surface area contributed by atoms with Gasteiger partial charge in [0.05, 0.1) is 12.3 Å². The minimum absolute atomic E-state index is 0.0830. The van der Waals surface area contributed by atoms with E-state index < -0.39 is 5.60 Å². The molecule has 0 radical (unpaired) electrons. The second-order valence-electron chi connectivity index (χ2n) is 5.11. The lowest BCUT2D eigenvalue weighted by molar-refractivity contribution is -0.122. The molecule has 6 nitrogen and oxygen atoms in total. The topological polar surface area (TPSA) is 84.6 Å². The lowest BCUT2D eigenvalue weighted by atomic mass is 10.0. The van der Waals surface area contributed by atoms with E-state index in [0.29, 0.717) is 25.9 Å². The zero-order valence-corrected chi connectivity index (χ0v) is 11.4. The molecule has 19 heavy (non-hydrogen) atoms. The van der Waals surface area contributed by atoms with Crippen LogP contribution in [0.3, 0.4) is 0 Å². The highest BCUT2D eigenvalue weighted by Gasteiger charge is 2.32. The Bertz CT molecular complexity index is 430. The van der Waals surface area contributed by atoms with Crippen LogP contribution in [-0.4, -0.2) is 41.5 Å². The van der Waals surface area contributed by atoms with Gasteiger partial charge in [0, 0.05) is 31.6 Å². The Labute approximate surface area is 112 Å². The summed E-state index contributed by atoms with van der Waals surface area (Å²) in [6.45, 7) is 4.78. The smallest absolute Gasteiger partial charge is 0.220 e. The minimum atomic E-state index is -0.904. The molecule has 6 heteroatoms. The Hall–Kier alpha value is -1.40. The Balaban J connectivity index is 1.76. The Morgan fingerprint density at radius 2 is 2.32 bits per heavy atom. The summed E-state index contributed by atoms with van der Waals surface area (Å²) in [6.07, 6.45) is 1.53. The van der Waals surface area contributed by atoms with Gasteiger partial charge in [-0.05, 0) is 20.3 Å². The third kappa shape index (κ3) is 3.54. The van der Waals surface area contributed by atoms with E-state index in [9.17, 15) is 9.90 Å². The van der Waals surface area contributed by atoms with E-state index >= 15 is 0 Å². The van der Waals surface area contributed by atoms with Crippen LogP contribution < -0.4 is 5.32 Å². The number of nitrogens with zero attached hydrogens (tertiary/aromatic N) is 1. The van der Waals surface area contributed by atoms with Crippen LogP contribution >= 0.6 is 0 Å². The molecular weight excluding hydrogens is 248 g/mol. The van der Waals surface area contributed by atoms with Crippen molar-refractivity contribution in [3.63, 3.8) is 0 Å². The molecule has 0 aliphatic carbocycles. The number of hydrogen-bond acceptors (Lipinski definition) is 5. The summed E-state index contributed by atoms with van der Waals surface area (Å²) in [5, 5.41) is 16.6. The van der Waals surface area contributed by atoms with Crippen molar-refractivity contribution in [2.45, 2.75) is 38.7 Å². The van der Waals surface area contributed by atoms with E-state index in [1.807, 2.05) is 13.8 Å². The van der Waals surface area contributed by atoms with Crippen molar-refractivity contribution in [2.24, 2.45) is 0 Å². The number of aromatic nitrogens is 1. The summed E-state index contributed by atoms with van der Waals surface area (Å²) in [6, 6.07) is 0. The van der Waals surface area contributed by atoms with E-state index in [0.717, 1.165) is 17.0 Å². The molecule has 1 fully saturated rings. The Morgan fingerprint density at radius 3 is 2.89 bits per heavy atom. The number of ether oxygens (including phenoxy) is 1. The predicted molar refractivity (Wildman–Crippen MR) is 67.7 cm³/mol. The van der Waals surface area contributed by atoms with Crippen LogP contribution in [0.15, 0.2) is 4.52 Å². The highest BCUT2D eigenvalue weighted by molar-refractivity contribution is 5.76. The number of aryl methyl sites for hydroxylation is 2. The molecule has 1 aliphatic rings. The van der Waals surface area contributed by atoms with E-state index in [1.54, 1.807) is 0 Å². The van der Waals surface area contributed by atoms with Crippen molar-refractivity contribution in [1.29, 1.82) is 0 Å². The van der Waals surface area contributed by atoms with Crippen LogP contribution in [-0.2, 0) is 16.0 Å². The summed E-state index contributed by atoms with van der Waals surface area (Å²) in [4.78, 5) is 11.7. The Kier molecular flexibility index (Phi) is 4.21. The molecule has 0 bridgehead atoms. The van der Waals surface area contributed by atoms with Crippen LogP contribution in [0.4, 0.5) is 0 Å². The van der Waals surface area contributed by atoms with Gasteiger partial charge in [0.1, 0.15) is 11.4 Å². The first-order valence-electron chi connectivity index (χ1n) is 6.49. The standard InChI is InChI=1S/C13H20N2O4/c1-9-11(10(2)19-15-9)3-4-12(16)14-7-13(17)5-6-18-8-13/h17H,3-8H2,1-2H3,(H,14,16). The maximum absolute atomic E-state index is 11.7. The number of carbonyl (C=O) groups is 1. The van der Waals surface area contributed by atoms with Crippen LogP contribution in [0.25, 0.3) is 0 Å². The van der Waals surface area contributed by atoms with Crippen molar-refractivity contribution in [2.75, 3.05) is 19.8 Å². The van der Waals surface area contributed by atoms with Gasteiger partial charge < -0.3 is 19.7 Å². The average molecular weight is 268 g/mol. The molecule has 1 aliphatic heterocycles. The van der Waals surface area contributed by atoms with Gasteiger partial charge in [0.15, 0.2) is 0 Å². The molecular formula is C13H20N2O4. The number of carbonyl (C=O) groups excluding carboxylic acids is 1. The number of nitrogens with one attached hydrogen (secondary N) is 1. The van der Waals surface area contributed by atoms with Gasteiger partial charge in [-0.1, -0.05) is 5.16 Å². The van der Waals surface area contributed by atoms with Crippen molar-refractivity contribution < 1.29 is 19.2 Å². The fraction of sp³-hybridized carbons (Fsp3) is 0.692. The first kappa shape index (κ1) is 14.0. The molecule has 2 N–H and O–H groups in total. The molecule has 2 rings (SSSR count). The van der Waals surface area contributed by atoms with Gasteiger partial charge in [-0.15, -0.1) is 0 Å². The molecule has 1 atom stereocenters. The van der Waals surface area contributed by atoms with E-state index in [4.69, 9.17) is 9.26 Å². The van der Waals surface area contributed by atoms with Crippen molar-refractivity contribution in [3.05, 3.63) is 17.0 Å². The van der Waals surface area contributed by atoms with Crippen molar-refractivity contribution in [3.8, 4) is 0 Å². The van der Waals surface area contributed by atoms with Gasteiger partial charge in [0.25, 0.3) is 0 Å². The van der Waals surface area contributed by atoms with Gasteiger partial charge >= 0.3 is 0 Å². The van der Waals surface area contributed by atoms with E-state index in [-0.39, 0.29) is 19.1 Å². The quantitative estimate of drug-likeness (QED) is 0.812. The Morgan fingerprint density at radius 1 is 1.53 bits per heavy atom. The number of hydrogen-bond donors (Lipinski definition) is 2. The maximum atomic E-state index is 11.7. The van der Waals surface area contributed by atoms with Gasteiger partial charge in [-0.3, -0.25) is 4.79 Å². The lowest BCUT2D eigenvalue weighted by Gasteiger charge is -2.20. The fourth-order valence-corrected chi connectivity index (χ4v) is 2.18. The second kappa shape index (κ2) is 5.71. The fourth-order valence-electron chi connectivity index (χ4n) is 2.18. The average Bonchev–Trinajstić information content (AvgIpc) is 2.93. The minimum Gasteiger partial charge on any atom is -0.386 e. The molecule has 0 spiro atoms. The molecule has 0 aromatic carbocycles. The molecule has 0 saturated carbocycles. The van der Waals surface area contributed by atoms with Crippen LogP contribution in [0.2, 0.25) is 0 Å². The number of amides is 1. The second-order valence-corrected chi connectivity index (χ2v) is 5.11. The van der Waals surface area contributed by atoms with Gasteiger partial charge in [0.2, 0.25) is 5.91 Å². The maximum Gasteiger partial charge on any atom is 0.220 e. The van der Waals surface area contributed by atoms with E-state index in [1.165, 1.54) is 0 Å². The highest BCUT2D eigenvalue weighted by Crippen LogP contribution is 2.17. The molecule has 1 unspecified atom stereocenters. The summed E-state index contributed by atoms with van der Waals surface area (Å²) in [5.41, 5.74) is 0.907. The van der Waals surface area contributed by atoms with Crippen LogP contribution in [0, 0.1) is 13.8 Å². The van der Waals surface area contributed by atoms with Crippen molar-refractivity contribution >= 4 is 5.91 Å². The first-order valence-corrected chi connectivity index (χ1v) is 6.49. The molecule has 106 valence electrons. The molecule has 1 saturated heterocycles. The molecule has 2 heterocycles. The third-order valence-electron chi connectivity index (χ3n) is 3.48. The zero-order valence-electron chi connectivity index (χ0n) is 11.4. The number of rotatable bonds is 5. The van der Waals surface area contributed by atoms with Crippen LogP contribution in [0.1, 0.15) is 29.9 Å². The first-order chi connectivity index (χ1) is 9.00. The number of aliphatic hydroxyl groups is 1. The van der Waals surface area contributed by atoms with Crippen molar-refractivity contribution in [1.82, 2.24) is 10.5 Å². The third-order valence-corrected chi connectivity index (χ3v) is 3.48. The monoisotopic (exact) mass is 268 g/mol. The summed E-state index contributed by atoms with van der Waals surface area (Å²) in [5.74, 6) is 0.674. The summed E-state index contributed by atoms with van der Waals surface area (Å²) >= 11 is 0. The molecule has 1 aromatic heterocycles. The molecule has 1 aromatic rings. The zero-order chi connectivity index (χ0) is 13.9. The van der Waals surface area contributed by atoms with Crippen LogP contribution in [0.5, 0.6) is 0 Å². The normalized spacial score (nSPS) is 22.7. The summed E-state index contributed by atoms with van der Waals surface area (Å²) < 4.78 is 10.2. The molecule has 1 amide bonds. The van der Waals surface area contributed by atoms with E-state index in [2.05, 4.69) is 10.5 Å².